The van der Waals surface area contributed by atoms with E-state index in [4.69, 9.17) is 4.74 Å². The number of fused-ring (bicyclic) bond motifs is 2. The van der Waals surface area contributed by atoms with Crippen molar-refractivity contribution in [3.63, 3.8) is 0 Å². The van der Waals surface area contributed by atoms with Crippen molar-refractivity contribution in [1.82, 2.24) is 0 Å². The van der Waals surface area contributed by atoms with E-state index in [2.05, 4.69) is 70.5 Å². The summed E-state index contributed by atoms with van der Waals surface area (Å²) < 4.78 is 7.14. The fourth-order valence-electron chi connectivity index (χ4n) is 3.95. The summed E-state index contributed by atoms with van der Waals surface area (Å²) in [5, 5.41) is 14.6. The molecule has 2 nitrogen and oxygen atoms in total. The molecule has 0 heterocycles. The zero-order chi connectivity index (χ0) is 22.6. The summed E-state index contributed by atoms with van der Waals surface area (Å²) in [6.07, 6.45) is 1.89. The number of hydrogen-bond donors (Lipinski definition) is 0. The van der Waals surface area contributed by atoms with E-state index in [-0.39, 0.29) is 0 Å². The van der Waals surface area contributed by atoms with Crippen LogP contribution in [0.2, 0.25) is 0 Å². The number of hydrogen-bond acceptors (Lipinski definition) is 2. The molecule has 0 amide bonds. The Hall–Kier alpha value is -3.87. The smallest absolute Gasteiger partial charge is 0.127 e. The van der Waals surface area contributed by atoms with Crippen LogP contribution >= 0.6 is 15.9 Å². The maximum Gasteiger partial charge on any atom is 0.127 e. The number of ether oxygens (including phenoxy) is 1. The Morgan fingerprint density at radius 2 is 1.42 bits per heavy atom. The van der Waals surface area contributed by atoms with Gasteiger partial charge in [-0.2, -0.15) is 5.26 Å². The van der Waals surface area contributed by atoms with Crippen LogP contribution in [0.15, 0.2) is 108 Å². The molecule has 0 radical (unpaired) electrons. The Kier molecular flexibility index (Phi) is 5.93. The van der Waals surface area contributed by atoms with Crippen LogP contribution in [0.25, 0.3) is 33.2 Å². The van der Waals surface area contributed by atoms with Crippen molar-refractivity contribution in [3.05, 3.63) is 124 Å². The molecule has 33 heavy (non-hydrogen) atoms. The van der Waals surface area contributed by atoms with E-state index in [1.165, 1.54) is 10.8 Å². The SMILES string of the molecule is N#C/C(=C/c1cc(Br)ccc1OCc1ccc2ccccc2c1)c1ccc2ccccc2c1. The van der Waals surface area contributed by atoms with E-state index in [1.54, 1.807) is 0 Å². The molecule has 0 spiro atoms. The monoisotopic (exact) mass is 489 g/mol. The van der Waals surface area contributed by atoms with Crippen LogP contribution in [0.1, 0.15) is 16.7 Å². The molecule has 0 saturated heterocycles. The lowest BCUT2D eigenvalue weighted by Gasteiger charge is -2.11. The molecule has 0 fully saturated rings. The van der Waals surface area contributed by atoms with Gasteiger partial charge in [-0.1, -0.05) is 88.7 Å². The van der Waals surface area contributed by atoms with Gasteiger partial charge >= 0.3 is 0 Å². The molecule has 0 aliphatic rings. The second-order valence-electron chi connectivity index (χ2n) is 7.88. The average Bonchev–Trinajstić information content (AvgIpc) is 2.86. The lowest BCUT2D eigenvalue weighted by Crippen LogP contribution is -1.97. The Morgan fingerprint density at radius 1 is 0.758 bits per heavy atom. The largest absolute Gasteiger partial charge is 0.488 e. The van der Waals surface area contributed by atoms with E-state index >= 15 is 0 Å². The first kappa shape index (κ1) is 21.0. The molecule has 0 aliphatic heterocycles. The number of nitriles is 1. The molecular formula is C30H20BrNO. The standard InChI is InChI=1S/C30H20BrNO/c31-29-13-14-30(33-20-21-9-10-22-5-1-3-7-24(22)15-21)27(18-29)17-28(19-32)26-12-11-23-6-2-4-8-25(23)16-26/h1-18H,20H2/b28-17-. The third kappa shape index (κ3) is 4.67. The topological polar surface area (TPSA) is 33.0 Å². The number of allylic oxidation sites excluding steroid dienone is 1. The molecular weight excluding hydrogens is 470 g/mol. The minimum Gasteiger partial charge on any atom is -0.488 e. The van der Waals surface area contributed by atoms with E-state index in [9.17, 15) is 5.26 Å². The second-order valence-corrected chi connectivity index (χ2v) is 8.80. The first-order chi connectivity index (χ1) is 16.2. The van der Waals surface area contributed by atoms with E-state index in [0.717, 1.165) is 37.7 Å². The van der Waals surface area contributed by atoms with Gasteiger partial charge in [0.2, 0.25) is 0 Å². The predicted octanol–water partition coefficient (Wildman–Crippen LogP) is 8.40. The zero-order valence-corrected chi connectivity index (χ0v) is 19.4. The Labute approximate surface area is 201 Å². The van der Waals surface area contributed by atoms with Crippen molar-refractivity contribution >= 4 is 49.1 Å². The molecule has 0 saturated carbocycles. The minimum atomic E-state index is 0.450. The average molecular weight is 490 g/mol. The van der Waals surface area contributed by atoms with Crippen molar-refractivity contribution in [2.24, 2.45) is 0 Å². The quantitative estimate of drug-likeness (QED) is 0.183. The lowest BCUT2D eigenvalue weighted by atomic mass is 10.00. The van der Waals surface area contributed by atoms with Crippen molar-refractivity contribution in [2.45, 2.75) is 6.61 Å². The summed E-state index contributed by atoms with van der Waals surface area (Å²) in [5.74, 6) is 0.736. The lowest BCUT2D eigenvalue weighted by molar-refractivity contribution is 0.305. The van der Waals surface area contributed by atoms with Gasteiger partial charge in [-0.15, -0.1) is 0 Å². The maximum atomic E-state index is 9.91. The van der Waals surface area contributed by atoms with Gasteiger partial charge < -0.3 is 4.74 Å². The van der Waals surface area contributed by atoms with Crippen molar-refractivity contribution in [1.29, 1.82) is 5.26 Å². The molecule has 158 valence electrons. The molecule has 0 atom stereocenters. The van der Waals surface area contributed by atoms with Crippen molar-refractivity contribution in [3.8, 4) is 11.8 Å². The number of nitrogens with zero attached hydrogens (tertiary/aromatic N) is 1. The molecule has 5 aromatic carbocycles. The van der Waals surface area contributed by atoms with E-state index < -0.39 is 0 Å². The number of benzene rings is 5. The third-order valence-corrected chi connectivity index (χ3v) is 6.15. The van der Waals surface area contributed by atoms with Crippen LogP contribution < -0.4 is 4.74 Å². The van der Waals surface area contributed by atoms with Gasteiger partial charge in [-0.3, -0.25) is 0 Å². The van der Waals surface area contributed by atoms with Crippen LogP contribution in [-0.2, 0) is 6.61 Å². The van der Waals surface area contributed by atoms with Gasteiger partial charge in [0.25, 0.3) is 0 Å². The van der Waals surface area contributed by atoms with E-state index in [1.807, 2.05) is 60.7 Å². The summed E-state index contributed by atoms with van der Waals surface area (Å²) in [7, 11) is 0. The van der Waals surface area contributed by atoms with Crippen LogP contribution in [0, 0.1) is 11.3 Å². The molecule has 0 unspecified atom stereocenters. The van der Waals surface area contributed by atoms with Crippen LogP contribution in [0.4, 0.5) is 0 Å². The Balaban J connectivity index is 1.46. The minimum absolute atomic E-state index is 0.450. The molecule has 0 N–H and O–H groups in total. The Morgan fingerprint density at radius 3 is 2.15 bits per heavy atom. The number of halogens is 1. The predicted molar refractivity (Wildman–Crippen MR) is 140 cm³/mol. The van der Waals surface area contributed by atoms with Gasteiger partial charge in [0.1, 0.15) is 12.4 Å². The highest BCUT2D eigenvalue weighted by molar-refractivity contribution is 9.10. The van der Waals surface area contributed by atoms with Gasteiger partial charge in [0.15, 0.2) is 0 Å². The number of rotatable bonds is 5. The summed E-state index contributed by atoms with van der Waals surface area (Å²) in [6, 6.07) is 37.1. The molecule has 5 rings (SSSR count). The zero-order valence-electron chi connectivity index (χ0n) is 17.8. The van der Waals surface area contributed by atoms with E-state index in [0.29, 0.717) is 12.2 Å². The van der Waals surface area contributed by atoms with Crippen molar-refractivity contribution in [2.75, 3.05) is 0 Å². The highest BCUT2D eigenvalue weighted by Crippen LogP contribution is 2.30. The second kappa shape index (κ2) is 9.32. The Bertz CT molecular complexity index is 1540. The molecule has 0 bridgehead atoms. The fourth-order valence-corrected chi connectivity index (χ4v) is 4.32. The summed E-state index contributed by atoms with van der Waals surface area (Å²) in [6.45, 7) is 0.450. The van der Waals surface area contributed by atoms with Gasteiger partial charge in [0, 0.05) is 10.0 Å². The highest BCUT2D eigenvalue weighted by atomic mass is 79.9. The highest BCUT2D eigenvalue weighted by Gasteiger charge is 2.08. The first-order valence-corrected chi connectivity index (χ1v) is 11.5. The van der Waals surface area contributed by atoms with Gasteiger partial charge in [-0.05, 0) is 69.1 Å². The fraction of sp³-hybridized carbons (Fsp3) is 0.0333. The molecule has 3 heteroatoms. The van der Waals surface area contributed by atoms with Gasteiger partial charge in [-0.25, -0.2) is 0 Å². The third-order valence-electron chi connectivity index (χ3n) is 5.66. The van der Waals surface area contributed by atoms with Gasteiger partial charge in [0.05, 0.1) is 11.6 Å². The first-order valence-electron chi connectivity index (χ1n) is 10.7. The summed E-state index contributed by atoms with van der Waals surface area (Å²) in [5.41, 5.74) is 3.43. The summed E-state index contributed by atoms with van der Waals surface area (Å²) in [4.78, 5) is 0. The molecule has 0 aliphatic carbocycles. The summed E-state index contributed by atoms with van der Waals surface area (Å²) >= 11 is 3.55. The van der Waals surface area contributed by atoms with Crippen LogP contribution in [0.3, 0.4) is 0 Å². The molecule has 5 aromatic rings. The van der Waals surface area contributed by atoms with Crippen LogP contribution in [0.5, 0.6) is 5.75 Å². The molecule has 0 aromatic heterocycles. The normalized spacial score (nSPS) is 11.5. The van der Waals surface area contributed by atoms with Crippen molar-refractivity contribution < 1.29 is 4.74 Å². The maximum absolute atomic E-state index is 9.91. The van der Waals surface area contributed by atoms with Crippen LogP contribution in [-0.4, -0.2) is 0 Å².